The number of nitrogens with one attached hydrogen (secondary N) is 1. The predicted molar refractivity (Wildman–Crippen MR) is 60.5 cm³/mol. The first-order chi connectivity index (χ1) is 7.58. The molecule has 0 fully saturated rings. The molecule has 0 atom stereocenters. The van der Waals surface area contributed by atoms with E-state index in [0.29, 0.717) is 5.82 Å². The van der Waals surface area contributed by atoms with Gasteiger partial charge in [-0.3, -0.25) is 0 Å². The van der Waals surface area contributed by atoms with Gasteiger partial charge in [0.1, 0.15) is 5.82 Å². The first-order valence-corrected chi connectivity index (χ1v) is 4.95. The summed E-state index contributed by atoms with van der Waals surface area (Å²) in [6.45, 7) is 3.85. The minimum atomic E-state index is -0.929. The van der Waals surface area contributed by atoms with E-state index in [-0.39, 0.29) is 5.56 Å². The number of aromatic amines is 1. The van der Waals surface area contributed by atoms with Crippen molar-refractivity contribution in [2.75, 3.05) is 0 Å². The summed E-state index contributed by atoms with van der Waals surface area (Å²) in [6, 6.07) is 6.73. The van der Waals surface area contributed by atoms with Crippen LogP contribution < -0.4 is 0 Å². The molecule has 0 saturated heterocycles. The molecule has 1 aromatic heterocycles. The fourth-order valence-corrected chi connectivity index (χ4v) is 1.48. The zero-order valence-electron chi connectivity index (χ0n) is 9.11. The number of aromatic nitrogens is 2. The Morgan fingerprint density at radius 1 is 1.38 bits per heavy atom. The smallest absolute Gasteiger partial charge is 0.335 e. The quantitative estimate of drug-likeness (QED) is 0.810. The van der Waals surface area contributed by atoms with E-state index in [4.69, 9.17) is 5.11 Å². The van der Waals surface area contributed by atoms with Crippen molar-refractivity contribution in [1.82, 2.24) is 9.97 Å². The van der Waals surface area contributed by atoms with Crippen molar-refractivity contribution in [3.63, 3.8) is 0 Å². The zero-order chi connectivity index (χ0) is 11.7. The molecule has 2 rings (SSSR count). The Hall–Kier alpha value is -2.10. The number of nitrogens with zero attached hydrogens (tertiary/aromatic N) is 1. The minimum Gasteiger partial charge on any atom is -0.478 e. The summed E-state index contributed by atoms with van der Waals surface area (Å²) in [5.41, 5.74) is 2.98. The molecule has 0 aliphatic heterocycles. The molecule has 0 radical (unpaired) electrons. The van der Waals surface area contributed by atoms with E-state index < -0.39 is 5.97 Å². The lowest BCUT2D eigenvalue weighted by Gasteiger charge is -1.98. The summed E-state index contributed by atoms with van der Waals surface area (Å²) in [6.07, 6.45) is 0. The molecular weight excluding hydrogens is 204 g/mol. The van der Waals surface area contributed by atoms with E-state index in [1.54, 1.807) is 18.2 Å². The van der Waals surface area contributed by atoms with Crippen molar-refractivity contribution in [2.45, 2.75) is 13.8 Å². The number of aromatic carboxylic acids is 1. The van der Waals surface area contributed by atoms with Crippen LogP contribution in [-0.2, 0) is 0 Å². The van der Waals surface area contributed by atoms with Crippen molar-refractivity contribution in [3.05, 3.63) is 41.2 Å². The number of benzene rings is 1. The maximum atomic E-state index is 10.8. The third-order valence-corrected chi connectivity index (χ3v) is 2.51. The second kappa shape index (κ2) is 3.81. The van der Waals surface area contributed by atoms with Crippen LogP contribution in [0.2, 0.25) is 0 Å². The van der Waals surface area contributed by atoms with E-state index in [1.165, 1.54) is 0 Å². The molecule has 0 unspecified atom stereocenters. The number of hydrogen-bond acceptors (Lipinski definition) is 2. The van der Waals surface area contributed by atoms with Gasteiger partial charge in [0.25, 0.3) is 0 Å². The van der Waals surface area contributed by atoms with Gasteiger partial charge in [0, 0.05) is 11.3 Å². The van der Waals surface area contributed by atoms with Crippen molar-refractivity contribution in [3.8, 4) is 11.4 Å². The highest BCUT2D eigenvalue weighted by molar-refractivity contribution is 5.89. The lowest BCUT2D eigenvalue weighted by Crippen LogP contribution is -1.96. The molecule has 0 aliphatic carbocycles. The number of carboxylic acid groups (broad SMARTS) is 1. The molecular formula is C12H12N2O2. The van der Waals surface area contributed by atoms with E-state index >= 15 is 0 Å². The van der Waals surface area contributed by atoms with E-state index in [2.05, 4.69) is 9.97 Å². The summed E-state index contributed by atoms with van der Waals surface area (Å²) in [5.74, 6) is -0.222. The Bertz CT molecular complexity index is 524. The lowest BCUT2D eigenvalue weighted by atomic mass is 10.1. The third-order valence-electron chi connectivity index (χ3n) is 2.51. The molecule has 4 heteroatoms. The van der Waals surface area contributed by atoms with Crippen LogP contribution in [0.5, 0.6) is 0 Å². The number of carboxylic acids is 1. The Balaban J connectivity index is 2.48. The monoisotopic (exact) mass is 216 g/mol. The summed E-state index contributed by atoms with van der Waals surface area (Å²) >= 11 is 0. The molecule has 0 saturated carbocycles. The molecule has 2 aromatic rings. The first kappa shape index (κ1) is 10.4. The Morgan fingerprint density at radius 3 is 2.69 bits per heavy atom. The van der Waals surface area contributed by atoms with Gasteiger partial charge in [0.15, 0.2) is 0 Å². The second-order valence-electron chi connectivity index (χ2n) is 3.68. The molecule has 1 heterocycles. The van der Waals surface area contributed by atoms with Crippen LogP contribution in [0, 0.1) is 13.8 Å². The zero-order valence-corrected chi connectivity index (χ0v) is 9.11. The van der Waals surface area contributed by atoms with Gasteiger partial charge in [-0.25, -0.2) is 9.78 Å². The van der Waals surface area contributed by atoms with Gasteiger partial charge < -0.3 is 10.1 Å². The fourth-order valence-electron chi connectivity index (χ4n) is 1.48. The highest BCUT2D eigenvalue weighted by atomic mass is 16.4. The molecule has 16 heavy (non-hydrogen) atoms. The topological polar surface area (TPSA) is 66.0 Å². The highest BCUT2D eigenvalue weighted by Crippen LogP contribution is 2.18. The predicted octanol–water partition coefficient (Wildman–Crippen LogP) is 2.39. The van der Waals surface area contributed by atoms with Crippen molar-refractivity contribution in [1.29, 1.82) is 0 Å². The van der Waals surface area contributed by atoms with Gasteiger partial charge >= 0.3 is 5.97 Å². The average Bonchev–Trinajstić information content (AvgIpc) is 2.59. The van der Waals surface area contributed by atoms with Crippen LogP contribution in [0.15, 0.2) is 24.3 Å². The van der Waals surface area contributed by atoms with Crippen LogP contribution in [-0.4, -0.2) is 21.0 Å². The molecule has 0 aliphatic rings. The Morgan fingerprint density at radius 2 is 2.12 bits per heavy atom. The van der Waals surface area contributed by atoms with Crippen LogP contribution in [0.25, 0.3) is 11.4 Å². The minimum absolute atomic E-state index is 0.268. The molecule has 0 bridgehead atoms. The van der Waals surface area contributed by atoms with Gasteiger partial charge in [-0.1, -0.05) is 12.1 Å². The number of carbonyl (C=O) groups is 1. The first-order valence-electron chi connectivity index (χ1n) is 4.95. The second-order valence-corrected chi connectivity index (χ2v) is 3.68. The van der Waals surface area contributed by atoms with Crippen LogP contribution in [0.3, 0.4) is 0 Å². The van der Waals surface area contributed by atoms with Crippen molar-refractivity contribution < 1.29 is 9.90 Å². The van der Waals surface area contributed by atoms with Gasteiger partial charge in [0.2, 0.25) is 0 Å². The normalized spacial score (nSPS) is 10.4. The van der Waals surface area contributed by atoms with E-state index in [1.807, 2.05) is 19.9 Å². The van der Waals surface area contributed by atoms with Gasteiger partial charge in [0.05, 0.1) is 11.3 Å². The van der Waals surface area contributed by atoms with Crippen molar-refractivity contribution in [2.24, 2.45) is 0 Å². The van der Waals surface area contributed by atoms with Crippen LogP contribution in [0.4, 0.5) is 0 Å². The Labute approximate surface area is 93.0 Å². The van der Waals surface area contributed by atoms with Gasteiger partial charge in [-0.15, -0.1) is 0 Å². The van der Waals surface area contributed by atoms with Gasteiger partial charge in [-0.2, -0.15) is 0 Å². The van der Waals surface area contributed by atoms with E-state index in [9.17, 15) is 4.79 Å². The molecule has 1 aromatic carbocycles. The summed E-state index contributed by atoms with van der Waals surface area (Å²) in [7, 11) is 0. The summed E-state index contributed by atoms with van der Waals surface area (Å²) in [5, 5.41) is 8.89. The number of rotatable bonds is 2. The summed E-state index contributed by atoms with van der Waals surface area (Å²) < 4.78 is 0. The van der Waals surface area contributed by atoms with Crippen molar-refractivity contribution >= 4 is 5.97 Å². The van der Waals surface area contributed by atoms with E-state index in [0.717, 1.165) is 17.0 Å². The number of aryl methyl sites for hydroxylation is 2. The average molecular weight is 216 g/mol. The fraction of sp³-hybridized carbons (Fsp3) is 0.167. The van der Waals surface area contributed by atoms with Gasteiger partial charge in [-0.05, 0) is 26.0 Å². The molecule has 0 amide bonds. The highest BCUT2D eigenvalue weighted by Gasteiger charge is 2.08. The third kappa shape index (κ3) is 1.82. The maximum absolute atomic E-state index is 10.8. The number of H-pyrrole nitrogens is 1. The SMILES string of the molecule is Cc1nc(-c2cccc(C(=O)O)c2)[nH]c1C. The molecule has 0 spiro atoms. The maximum Gasteiger partial charge on any atom is 0.335 e. The lowest BCUT2D eigenvalue weighted by molar-refractivity contribution is 0.0697. The number of imidazole rings is 1. The van der Waals surface area contributed by atoms with Crippen LogP contribution >= 0.6 is 0 Å². The molecule has 2 N–H and O–H groups in total. The standard InChI is InChI=1S/C12H12N2O2/c1-7-8(2)14-11(13-7)9-4-3-5-10(6-9)12(15)16/h3-6H,1-2H3,(H,13,14)(H,15,16). The van der Waals surface area contributed by atoms with Crippen LogP contribution in [0.1, 0.15) is 21.7 Å². The molecule has 4 nitrogen and oxygen atoms in total. The Kier molecular flexibility index (Phi) is 2.48. The largest absolute Gasteiger partial charge is 0.478 e. The summed E-state index contributed by atoms with van der Waals surface area (Å²) in [4.78, 5) is 18.3. The number of hydrogen-bond donors (Lipinski definition) is 2. The molecule has 82 valence electrons.